The minimum atomic E-state index is -0.224. The lowest BCUT2D eigenvalue weighted by molar-refractivity contribution is -0.132. The van der Waals surface area contributed by atoms with Gasteiger partial charge in [0.25, 0.3) is 5.91 Å². The molecule has 0 aliphatic carbocycles. The molecule has 1 aliphatic rings. The summed E-state index contributed by atoms with van der Waals surface area (Å²) in [4.78, 5) is 31.2. The first-order valence-electron chi connectivity index (χ1n) is 9.83. The fourth-order valence-electron chi connectivity index (χ4n) is 2.86. The molecule has 1 unspecified atom stereocenters. The highest BCUT2D eigenvalue weighted by atomic mass is 16.5. The minimum Gasteiger partial charge on any atom is -0.480 e. The highest BCUT2D eigenvalue weighted by Gasteiger charge is 2.28. The maximum atomic E-state index is 12.8. The number of carbonyl (C=O) groups excluding carboxylic acids is 1. The van der Waals surface area contributed by atoms with E-state index in [1.54, 1.807) is 30.6 Å². The predicted octanol–water partition coefficient (Wildman–Crippen LogP) is 2.87. The summed E-state index contributed by atoms with van der Waals surface area (Å²) in [6.45, 7) is 13.2. The maximum Gasteiger partial charge on any atom is 0.291 e. The number of amides is 1. The Morgan fingerprint density at radius 2 is 2.17 bits per heavy atom. The first kappa shape index (κ1) is 22.7. The van der Waals surface area contributed by atoms with Crippen molar-refractivity contribution in [1.29, 1.82) is 0 Å². The van der Waals surface area contributed by atoms with Crippen LogP contribution in [-0.2, 0) is 9.53 Å². The Hall–Kier alpha value is -2.61. The van der Waals surface area contributed by atoms with E-state index in [2.05, 4.69) is 47.4 Å². The maximum absolute atomic E-state index is 12.8. The van der Waals surface area contributed by atoms with Gasteiger partial charge in [0.1, 0.15) is 0 Å². The van der Waals surface area contributed by atoms with Crippen molar-refractivity contribution in [3.63, 3.8) is 0 Å². The monoisotopic (exact) mass is 401 g/mol. The first-order chi connectivity index (χ1) is 13.8. The van der Waals surface area contributed by atoms with Crippen LogP contribution in [0.5, 0.6) is 5.88 Å². The van der Waals surface area contributed by atoms with E-state index in [-0.39, 0.29) is 23.8 Å². The van der Waals surface area contributed by atoms with E-state index in [0.717, 1.165) is 17.7 Å². The van der Waals surface area contributed by atoms with E-state index in [1.807, 2.05) is 6.92 Å². The SMILES string of the molecule is C=NC(=N/C=C(\C)C(C)C)C(=O)N1CCOC(C[C@H](C)c2cnc(OC)cn2)C1. The summed E-state index contributed by atoms with van der Waals surface area (Å²) in [5.41, 5.74) is 1.94. The van der Waals surface area contributed by atoms with Crippen molar-refractivity contribution in [2.75, 3.05) is 26.8 Å². The Morgan fingerprint density at radius 1 is 1.41 bits per heavy atom. The molecule has 0 bridgehead atoms. The largest absolute Gasteiger partial charge is 0.480 e. The van der Waals surface area contributed by atoms with Crippen molar-refractivity contribution in [2.45, 2.75) is 46.1 Å². The zero-order valence-electron chi connectivity index (χ0n) is 18.0. The number of rotatable bonds is 6. The minimum absolute atomic E-state index is 0.0920. The van der Waals surface area contributed by atoms with Gasteiger partial charge in [0.05, 0.1) is 37.9 Å². The molecule has 1 aromatic heterocycles. The number of morpholine rings is 1. The van der Waals surface area contributed by atoms with E-state index in [4.69, 9.17) is 9.47 Å². The molecule has 158 valence electrons. The number of ether oxygens (including phenoxy) is 2. The third kappa shape index (κ3) is 6.45. The van der Waals surface area contributed by atoms with Gasteiger partial charge in [-0.2, -0.15) is 0 Å². The van der Waals surface area contributed by atoms with Gasteiger partial charge in [0.15, 0.2) is 0 Å². The van der Waals surface area contributed by atoms with Gasteiger partial charge in [-0.15, -0.1) is 0 Å². The fourth-order valence-corrected chi connectivity index (χ4v) is 2.86. The van der Waals surface area contributed by atoms with E-state index >= 15 is 0 Å². The van der Waals surface area contributed by atoms with E-state index in [1.165, 1.54) is 0 Å². The second kappa shape index (κ2) is 10.8. The Morgan fingerprint density at radius 3 is 2.76 bits per heavy atom. The number of hydrogen-bond acceptors (Lipinski definition) is 6. The number of aromatic nitrogens is 2. The number of nitrogens with zero attached hydrogens (tertiary/aromatic N) is 5. The zero-order valence-corrected chi connectivity index (χ0v) is 18.0. The van der Waals surface area contributed by atoms with Crippen LogP contribution in [0.3, 0.4) is 0 Å². The van der Waals surface area contributed by atoms with Gasteiger partial charge in [0.2, 0.25) is 11.7 Å². The number of allylic oxidation sites excluding steroid dienone is 1. The highest BCUT2D eigenvalue weighted by Crippen LogP contribution is 2.22. The van der Waals surface area contributed by atoms with Gasteiger partial charge >= 0.3 is 0 Å². The molecule has 0 aromatic carbocycles. The van der Waals surface area contributed by atoms with Crippen LogP contribution in [0.25, 0.3) is 0 Å². The molecule has 2 atom stereocenters. The molecule has 0 radical (unpaired) electrons. The van der Waals surface area contributed by atoms with Crippen LogP contribution in [0.1, 0.15) is 45.7 Å². The lowest BCUT2D eigenvalue weighted by Crippen LogP contribution is -2.48. The second-order valence-electron chi connectivity index (χ2n) is 7.50. The third-order valence-corrected chi connectivity index (χ3v) is 5.05. The van der Waals surface area contributed by atoms with Gasteiger partial charge < -0.3 is 14.4 Å². The normalized spacial score (nSPS) is 19.2. The van der Waals surface area contributed by atoms with Crippen LogP contribution in [-0.4, -0.2) is 66.2 Å². The molecule has 1 aliphatic heterocycles. The molecular formula is C21H31N5O3. The molecule has 1 fully saturated rings. The Balaban J connectivity index is 2.01. The van der Waals surface area contributed by atoms with Crippen LogP contribution < -0.4 is 4.74 Å². The quantitative estimate of drug-likeness (QED) is 0.540. The predicted molar refractivity (Wildman–Crippen MR) is 114 cm³/mol. The van der Waals surface area contributed by atoms with Crippen LogP contribution in [0.4, 0.5) is 0 Å². The van der Waals surface area contributed by atoms with E-state index in [0.29, 0.717) is 31.5 Å². The van der Waals surface area contributed by atoms with Gasteiger partial charge in [-0.3, -0.25) is 9.78 Å². The number of carbonyl (C=O) groups is 1. The molecule has 0 N–H and O–H groups in total. The van der Waals surface area contributed by atoms with Crippen molar-refractivity contribution in [3.05, 3.63) is 29.9 Å². The van der Waals surface area contributed by atoms with E-state index < -0.39 is 0 Å². The molecule has 29 heavy (non-hydrogen) atoms. The number of aliphatic imine (C=N–C) groups is 2. The number of methoxy groups -OCH3 is 1. The number of amidine groups is 1. The standard InChI is InChI=1S/C21H31N5O3/c1-14(2)16(4)10-25-20(22-5)21(27)26-7-8-29-17(13-26)9-15(3)18-11-24-19(28-6)12-23-18/h10-12,14-15,17H,5,7-9,13H2,1-4,6H3/b16-10+,25-20?/t15-,17?/m0/s1. The second-order valence-corrected chi connectivity index (χ2v) is 7.50. The first-order valence-corrected chi connectivity index (χ1v) is 9.83. The summed E-state index contributed by atoms with van der Waals surface area (Å²) in [5.74, 6) is 0.862. The average Bonchev–Trinajstić information content (AvgIpc) is 2.73. The Labute approximate surface area is 172 Å². The summed E-state index contributed by atoms with van der Waals surface area (Å²) in [7, 11) is 1.56. The molecule has 0 spiro atoms. The van der Waals surface area contributed by atoms with Crippen molar-refractivity contribution >= 4 is 18.5 Å². The lowest BCUT2D eigenvalue weighted by Gasteiger charge is -2.33. The van der Waals surface area contributed by atoms with E-state index in [9.17, 15) is 4.79 Å². The number of hydrogen-bond donors (Lipinski definition) is 0. The summed E-state index contributed by atoms with van der Waals surface area (Å²) in [6, 6.07) is 0. The lowest BCUT2D eigenvalue weighted by atomic mass is 9.99. The van der Waals surface area contributed by atoms with Crippen LogP contribution in [0.2, 0.25) is 0 Å². The molecule has 2 rings (SSSR count). The van der Waals surface area contributed by atoms with Crippen molar-refractivity contribution in [3.8, 4) is 5.88 Å². The summed E-state index contributed by atoms with van der Waals surface area (Å²) in [5, 5.41) is 0. The van der Waals surface area contributed by atoms with Crippen molar-refractivity contribution < 1.29 is 14.3 Å². The summed E-state index contributed by atoms with van der Waals surface area (Å²) in [6.07, 6.45) is 5.64. The Bertz CT molecular complexity index is 758. The molecule has 1 saturated heterocycles. The topological polar surface area (TPSA) is 89.3 Å². The van der Waals surface area contributed by atoms with Crippen LogP contribution in [0, 0.1) is 5.92 Å². The van der Waals surface area contributed by atoms with Crippen LogP contribution in [0.15, 0.2) is 34.2 Å². The average molecular weight is 402 g/mol. The van der Waals surface area contributed by atoms with Gasteiger partial charge in [0, 0.05) is 25.2 Å². The van der Waals surface area contributed by atoms with Gasteiger partial charge in [-0.1, -0.05) is 26.3 Å². The zero-order chi connectivity index (χ0) is 21.4. The van der Waals surface area contributed by atoms with Crippen molar-refractivity contribution in [1.82, 2.24) is 14.9 Å². The molecule has 8 heteroatoms. The molecule has 2 heterocycles. The summed E-state index contributed by atoms with van der Waals surface area (Å²) < 4.78 is 10.9. The molecular weight excluding hydrogens is 370 g/mol. The molecule has 1 aromatic rings. The molecule has 0 saturated carbocycles. The highest BCUT2D eigenvalue weighted by molar-refractivity contribution is 6.39. The molecule has 1 amide bonds. The van der Waals surface area contributed by atoms with Crippen LogP contribution >= 0.6 is 0 Å². The smallest absolute Gasteiger partial charge is 0.291 e. The van der Waals surface area contributed by atoms with Crippen molar-refractivity contribution in [2.24, 2.45) is 15.9 Å². The fraction of sp³-hybridized carbons (Fsp3) is 0.571. The van der Waals surface area contributed by atoms with Gasteiger partial charge in [-0.25, -0.2) is 15.0 Å². The Kier molecular flexibility index (Phi) is 8.45. The summed E-state index contributed by atoms with van der Waals surface area (Å²) >= 11 is 0. The third-order valence-electron chi connectivity index (χ3n) is 5.05. The molecule has 8 nitrogen and oxygen atoms in total. The van der Waals surface area contributed by atoms with Gasteiger partial charge in [-0.05, 0) is 26.0 Å².